The van der Waals surface area contributed by atoms with Gasteiger partial charge in [0.15, 0.2) is 0 Å². The zero-order valence-electron chi connectivity index (χ0n) is 18.9. The molecule has 0 unspecified atom stereocenters. The maximum Gasteiger partial charge on any atom is 0.337 e. The average molecular weight is 473 g/mol. The van der Waals surface area contributed by atoms with Crippen LogP contribution in [0.3, 0.4) is 0 Å². The third-order valence-corrected chi connectivity index (χ3v) is 6.99. The highest BCUT2D eigenvalue weighted by Crippen LogP contribution is 2.40. The number of nitrogens with zero attached hydrogens (tertiary/aromatic N) is 1. The molecule has 1 saturated heterocycles. The Bertz CT molecular complexity index is 1150. The second kappa shape index (κ2) is 9.02. The number of ether oxygens (including phenoxy) is 1. The lowest BCUT2D eigenvalue weighted by atomic mass is 9.98. The van der Waals surface area contributed by atoms with E-state index in [4.69, 9.17) is 16.3 Å². The zero-order valence-corrected chi connectivity index (χ0v) is 20.4. The van der Waals surface area contributed by atoms with Gasteiger partial charge in [-0.1, -0.05) is 23.7 Å². The number of carboxylic acids is 1. The number of fused-ring (bicyclic) bond motifs is 1. The third kappa shape index (κ3) is 4.94. The molecule has 3 aromatic rings. The van der Waals surface area contributed by atoms with E-state index in [1.165, 1.54) is 0 Å². The highest BCUT2D eigenvalue weighted by molar-refractivity contribution is 7.19. The van der Waals surface area contributed by atoms with Crippen molar-refractivity contribution in [3.8, 4) is 11.1 Å². The first-order chi connectivity index (χ1) is 15.1. The minimum absolute atomic E-state index is 0.00487. The molecule has 170 valence electrons. The number of rotatable bonds is 5. The second-order valence-corrected chi connectivity index (χ2v) is 11.0. The SMILES string of the molecule is Cc1sc2cc(Cl)ccc2c1-c1ccc(N2CCO[C@H](CNC(C)(C)C)C2)c(C(=O)O)c1. The molecule has 0 aliphatic carbocycles. The molecule has 0 spiro atoms. The number of morpholine rings is 1. The van der Waals surface area contributed by atoms with Crippen LogP contribution in [0.25, 0.3) is 21.2 Å². The Morgan fingerprint density at radius 1 is 1.28 bits per heavy atom. The molecular formula is C25H29ClN2O3S. The van der Waals surface area contributed by atoms with Gasteiger partial charge in [-0.3, -0.25) is 0 Å². The normalized spacial score (nSPS) is 17.2. The van der Waals surface area contributed by atoms with Crippen molar-refractivity contribution in [1.29, 1.82) is 0 Å². The minimum Gasteiger partial charge on any atom is -0.478 e. The summed E-state index contributed by atoms with van der Waals surface area (Å²) in [7, 11) is 0. The predicted molar refractivity (Wildman–Crippen MR) is 134 cm³/mol. The Kier molecular flexibility index (Phi) is 6.50. The molecule has 1 aliphatic heterocycles. The summed E-state index contributed by atoms with van der Waals surface area (Å²) in [5.41, 5.74) is 3.05. The standard InChI is InChI=1S/C25H29ClN2O3S/c1-15-23(19-7-6-17(26)12-22(19)32-15)16-5-8-21(20(11-16)24(29)30)28-9-10-31-18(14-28)13-27-25(2,3)4/h5-8,11-12,18,27H,9-10,13-14H2,1-4H3,(H,29,30)/t18-/m1/s1. The third-order valence-electron chi connectivity index (χ3n) is 5.68. The van der Waals surface area contributed by atoms with Gasteiger partial charge in [-0.15, -0.1) is 11.3 Å². The van der Waals surface area contributed by atoms with E-state index in [-0.39, 0.29) is 11.6 Å². The van der Waals surface area contributed by atoms with E-state index in [2.05, 4.69) is 37.9 Å². The number of hydrogen-bond acceptors (Lipinski definition) is 5. The maximum atomic E-state index is 12.2. The molecule has 1 aromatic heterocycles. The van der Waals surface area contributed by atoms with E-state index >= 15 is 0 Å². The van der Waals surface area contributed by atoms with Crippen LogP contribution in [0.4, 0.5) is 5.69 Å². The van der Waals surface area contributed by atoms with Crippen molar-refractivity contribution < 1.29 is 14.6 Å². The number of hydrogen-bond donors (Lipinski definition) is 2. The number of aromatic carboxylic acids is 1. The summed E-state index contributed by atoms with van der Waals surface area (Å²) in [5, 5.41) is 15.3. The fraction of sp³-hybridized carbons (Fsp3) is 0.400. The van der Waals surface area contributed by atoms with E-state index in [0.717, 1.165) is 38.3 Å². The van der Waals surface area contributed by atoms with Gasteiger partial charge in [0.25, 0.3) is 0 Å². The molecule has 2 aromatic carbocycles. The lowest BCUT2D eigenvalue weighted by Crippen LogP contribution is -2.50. The molecule has 32 heavy (non-hydrogen) atoms. The van der Waals surface area contributed by atoms with Crippen molar-refractivity contribution in [2.24, 2.45) is 0 Å². The quantitative estimate of drug-likeness (QED) is 0.489. The van der Waals surface area contributed by atoms with Crippen LogP contribution in [0.1, 0.15) is 36.0 Å². The summed E-state index contributed by atoms with van der Waals surface area (Å²) >= 11 is 7.84. The Morgan fingerprint density at radius 2 is 2.06 bits per heavy atom. The van der Waals surface area contributed by atoms with E-state index in [1.807, 2.05) is 30.3 Å². The fourth-order valence-corrected chi connectivity index (χ4v) is 5.53. The Labute approximate surface area is 198 Å². The molecular weight excluding hydrogens is 444 g/mol. The molecule has 5 nitrogen and oxygen atoms in total. The summed E-state index contributed by atoms with van der Waals surface area (Å²) in [6, 6.07) is 11.6. The van der Waals surface area contributed by atoms with Crippen LogP contribution >= 0.6 is 22.9 Å². The van der Waals surface area contributed by atoms with Crippen molar-refractivity contribution in [3.63, 3.8) is 0 Å². The lowest BCUT2D eigenvalue weighted by molar-refractivity contribution is 0.0369. The molecule has 2 N–H and O–H groups in total. The van der Waals surface area contributed by atoms with Crippen molar-refractivity contribution in [1.82, 2.24) is 5.32 Å². The van der Waals surface area contributed by atoms with Gasteiger partial charge in [0.05, 0.1) is 24.0 Å². The smallest absolute Gasteiger partial charge is 0.337 e. The molecule has 7 heteroatoms. The highest BCUT2D eigenvalue weighted by atomic mass is 35.5. The van der Waals surface area contributed by atoms with Crippen molar-refractivity contribution in [3.05, 3.63) is 51.9 Å². The number of thiophene rings is 1. The summed E-state index contributed by atoms with van der Waals surface area (Å²) in [4.78, 5) is 15.5. The molecule has 2 heterocycles. The lowest BCUT2D eigenvalue weighted by Gasteiger charge is -2.36. The number of nitrogens with one attached hydrogen (secondary N) is 1. The van der Waals surface area contributed by atoms with Crippen LogP contribution in [-0.2, 0) is 4.74 Å². The molecule has 4 rings (SSSR count). The van der Waals surface area contributed by atoms with E-state index in [9.17, 15) is 9.90 Å². The average Bonchev–Trinajstić information content (AvgIpc) is 3.06. The zero-order chi connectivity index (χ0) is 23.0. The molecule has 0 radical (unpaired) electrons. The fourth-order valence-electron chi connectivity index (χ4n) is 4.17. The number of aryl methyl sites for hydroxylation is 1. The van der Waals surface area contributed by atoms with Gasteiger partial charge < -0.3 is 20.1 Å². The Balaban J connectivity index is 1.66. The van der Waals surface area contributed by atoms with Crippen molar-refractivity contribution in [2.45, 2.75) is 39.3 Å². The Morgan fingerprint density at radius 3 is 2.78 bits per heavy atom. The minimum atomic E-state index is -0.919. The summed E-state index contributed by atoms with van der Waals surface area (Å²) < 4.78 is 7.03. The van der Waals surface area contributed by atoms with Gasteiger partial charge in [-0.2, -0.15) is 0 Å². The maximum absolute atomic E-state index is 12.2. The first-order valence-corrected chi connectivity index (χ1v) is 12.0. The van der Waals surface area contributed by atoms with E-state index < -0.39 is 5.97 Å². The predicted octanol–water partition coefficient (Wildman–Crippen LogP) is 5.82. The van der Waals surface area contributed by atoms with Crippen LogP contribution in [-0.4, -0.2) is 49.0 Å². The van der Waals surface area contributed by atoms with Crippen LogP contribution in [0, 0.1) is 6.92 Å². The van der Waals surface area contributed by atoms with Gasteiger partial charge in [0, 0.05) is 50.7 Å². The largest absolute Gasteiger partial charge is 0.478 e. The number of anilines is 1. The summed E-state index contributed by atoms with van der Waals surface area (Å²) in [5.74, 6) is -0.919. The van der Waals surface area contributed by atoms with Gasteiger partial charge in [0.1, 0.15) is 0 Å². The summed E-state index contributed by atoms with van der Waals surface area (Å²) in [6.07, 6.45) is 0.0112. The van der Waals surface area contributed by atoms with E-state index in [0.29, 0.717) is 30.3 Å². The van der Waals surface area contributed by atoms with Crippen molar-refractivity contribution in [2.75, 3.05) is 31.1 Å². The molecule has 0 bridgehead atoms. The molecule has 1 atom stereocenters. The molecule has 1 fully saturated rings. The summed E-state index contributed by atoms with van der Waals surface area (Å²) in [6.45, 7) is 11.1. The second-order valence-electron chi connectivity index (χ2n) is 9.28. The first-order valence-electron chi connectivity index (χ1n) is 10.8. The van der Waals surface area contributed by atoms with Crippen LogP contribution in [0.5, 0.6) is 0 Å². The highest BCUT2D eigenvalue weighted by Gasteiger charge is 2.26. The van der Waals surface area contributed by atoms with E-state index in [1.54, 1.807) is 17.4 Å². The molecule has 0 saturated carbocycles. The van der Waals surface area contributed by atoms with Gasteiger partial charge >= 0.3 is 5.97 Å². The van der Waals surface area contributed by atoms with Crippen LogP contribution in [0.15, 0.2) is 36.4 Å². The van der Waals surface area contributed by atoms with Gasteiger partial charge in [-0.25, -0.2) is 4.79 Å². The number of halogens is 1. The van der Waals surface area contributed by atoms with Gasteiger partial charge in [-0.05, 0) is 57.5 Å². The van der Waals surface area contributed by atoms with Crippen molar-refractivity contribution >= 4 is 44.7 Å². The number of carboxylic acid groups (broad SMARTS) is 1. The topological polar surface area (TPSA) is 61.8 Å². The van der Waals surface area contributed by atoms with Crippen LogP contribution in [0.2, 0.25) is 5.02 Å². The molecule has 1 aliphatic rings. The first kappa shape index (κ1) is 23.1. The number of carbonyl (C=O) groups is 1. The van der Waals surface area contributed by atoms with Gasteiger partial charge in [0.2, 0.25) is 0 Å². The molecule has 0 amide bonds. The Hall–Kier alpha value is -2.12. The number of benzene rings is 2. The van der Waals surface area contributed by atoms with Crippen LogP contribution < -0.4 is 10.2 Å². The monoisotopic (exact) mass is 472 g/mol.